The second kappa shape index (κ2) is 13.6. The van der Waals surface area contributed by atoms with Crippen LogP contribution in [-0.4, -0.2) is 54.0 Å². The molecule has 4 amide bonds. The van der Waals surface area contributed by atoms with E-state index >= 15 is 0 Å². The number of nitrogens with one attached hydrogen (secondary N) is 4. The molecule has 0 saturated carbocycles. The van der Waals surface area contributed by atoms with Crippen LogP contribution in [0.25, 0.3) is 21.5 Å². The van der Waals surface area contributed by atoms with Gasteiger partial charge in [0.05, 0.1) is 9.79 Å². The van der Waals surface area contributed by atoms with Crippen molar-refractivity contribution in [2.75, 3.05) is 21.3 Å². The van der Waals surface area contributed by atoms with Gasteiger partial charge in [-0.3, -0.25) is 18.7 Å². The van der Waals surface area contributed by atoms with E-state index in [2.05, 4.69) is 21.3 Å². The van der Waals surface area contributed by atoms with Crippen molar-refractivity contribution >= 4 is 82.4 Å². The number of fused-ring (bicyclic) bond motifs is 2. The molecule has 0 aliphatic rings. The summed E-state index contributed by atoms with van der Waals surface area (Å²) in [6.45, 7) is 0. The molecule has 15 nitrogen and oxygen atoms in total. The fourth-order valence-corrected chi connectivity index (χ4v) is 6.27. The van der Waals surface area contributed by atoms with Gasteiger partial charge in [0.25, 0.3) is 32.1 Å². The van der Waals surface area contributed by atoms with Crippen molar-refractivity contribution in [3.05, 3.63) is 120 Å². The van der Waals surface area contributed by atoms with Crippen LogP contribution in [0, 0.1) is 0 Å². The highest BCUT2D eigenvalue weighted by Crippen LogP contribution is 2.34. The lowest BCUT2D eigenvalue weighted by molar-refractivity contribution is 0.101. The topological polar surface area (TPSA) is 249 Å². The van der Waals surface area contributed by atoms with Crippen LogP contribution >= 0.6 is 0 Å². The Morgan fingerprint density at radius 1 is 0.442 bits per heavy atom. The fraction of sp³-hybridized carbons (Fsp3) is 0. The minimum absolute atomic E-state index is 0.0976. The number of anilines is 4. The van der Waals surface area contributed by atoms with Gasteiger partial charge in [-0.2, -0.15) is 16.8 Å². The Morgan fingerprint density at radius 2 is 0.808 bits per heavy atom. The van der Waals surface area contributed by atoms with E-state index in [0.29, 0.717) is 22.1 Å². The van der Waals surface area contributed by atoms with Crippen LogP contribution in [0.1, 0.15) is 20.7 Å². The first-order chi connectivity index (χ1) is 24.6. The van der Waals surface area contributed by atoms with Crippen LogP contribution in [0.3, 0.4) is 0 Å². The van der Waals surface area contributed by atoms with E-state index in [9.17, 15) is 50.5 Å². The molecule has 52 heavy (non-hydrogen) atoms. The Bertz CT molecular complexity index is 2460. The van der Waals surface area contributed by atoms with Gasteiger partial charge in [-0.1, -0.05) is 12.1 Å². The Hall–Kier alpha value is -6.53. The SMILES string of the molecule is O=C(Nc1ccc(C(=O)Nc2ccc(O)c3cc(S(=O)(=O)O)ccc23)cc1)Nc1ccc(C(=O)Nc2ccc(O)c3cc(S(=O)(=O)O)ccc23)cc1. The Balaban J connectivity index is 1.06. The lowest BCUT2D eigenvalue weighted by Crippen LogP contribution is -2.20. The summed E-state index contributed by atoms with van der Waals surface area (Å²) in [6.07, 6.45) is 0. The van der Waals surface area contributed by atoms with Crippen LogP contribution in [0.2, 0.25) is 0 Å². The summed E-state index contributed by atoms with van der Waals surface area (Å²) in [5.74, 6) is -1.57. The first-order valence-corrected chi connectivity index (χ1v) is 17.8. The summed E-state index contributed by atoms with van der Waals surface area (Å²) in [6, 6.07) is 23.7. The van der Waals surface area contributed by atoms with Gasteiger partial charge < -0.3 is 31.5 Å². The number of hydrogen-bond donors (Lipinski definition) is 8. The van der Waals surface area contributed by atoms with Gasteiger partial charge in [0.15, 0.2) is 0 Å². The Kier molecular flexibility index (Phi) is 9.26. The van der Waals surface area contributed by atoms with Gasteiger partial charge in [-0.15, -0.1) is 0 Å². The molecular weight excluding hydrogens is 717 g/mol. The molecule has 0 bridgehead atoms. The van der Waals surface area contributed by atoms with Gasteiger partial charge in [-0.05, 0) is 97.1 Å². The van der Waals surface area contributed by atoms with Gasteiger partial charge >= 0.3 is 6.03 Å². The highest BCUT2D eigenvalue weighted by Gasteiger charge is 2.17. The monoisotopic (exact) mass is 742 g/mol. The Labute approximate surface area is 295 Å². The smallest absolute Gasteiger partial charge is 0.323 e. The number of benzene rings is 6. The van der Waals surface area contributed by atoms with Crippen molar-refractivity contribution in [1.29, 1.82) is 0 Å². The molecule has 6 aromatic rings. The third-order valence-electron chi connectivity index (χ3n) is 7.83. The molecule has 6 aromatic carbocycles. The summed E-state index contributed by atoms with van der Waals surface area (Å²) in [5.41, 5.74) is 1.69. The van der Waals surface area contributed by atoms with Crippen molar-refractivity contribution in [1.82, 2.24) is 0 Å². The Morgan fingerprint density at radius 3 is 1.15 bits per heavy atom. The summed E-state index contributed by atoms with van der Waals surface area (Å²) in [7, 11) is -9.03. The van der Waals surface area contributed by atoms with Gasteiger partial charge in [-0.25, -0.2) is 4.79 Å². The molecule has 0 aliphatic carbocycles. The number of aromatic hydroxyl groups is 2. The predicted molar refractivity (Wildman–Crippen MR) is 192 cm³/mol. The van der Waals surface area contributed by atoms with Crippen molar-refractivity contribution in [3.8, 4) is 11.5 Å². The van der Waals surface area contributed by atoms with Crippen molar-refractivity contribution in [2.24, 2.45) is 0 Å². The minimum Gasteiger partial charge on any atom is -0.507 e. The third kappa shape index (κ3) is 7.62. The largest absolute Gasteiger partial charge is 0.507 e. The van der Waals surface area contributed by atoms with Gasteiger partial charge in [0.1, 0.15) is 11.5 Å². The van der Waals surface area contributed by atoms with Crippen LogP contribution in [0.15, 0.2) is 119 Å². The molecular formula is C35H26N4O11S2. The average molecular weight is 743 g/mol. The highest BCUT2D eigenvalue weighted by molar-refractivity contribution is 7.86. The zero-order valence-corrected chi connectivity index (χ0v) is 28.0. The molecule has 6 rings (SSSR count). The van der Waals surface area contributed by atoms with E-state index in [1.165, 1.54) is 84.9 Å². The summed E-state index contributed by atoms with van der Waals surface area (Å²) < 4.78 is 64.7. The standard InChI is InChI=1S/C35H26N4O11S2/c40-31-15-13-29(25-11-9-23(17-27(25)31)51(45,46)47)38-33(42)19-1-5-21(6-2-19)36-35(44)37-22-7-3-20(4-8-22)34(43)39-30-14-16-32(41)28-18-24(52(48,49)50)10-12-26(28)30/h1-18,40-41H,(H,38,42)(H,39,43)(H2,36,37,44)(H,45,46,47)(H,48,49,50). The maximum absolute atomic E-state index is 13.0. The second-order valence-corrected chi connectivity index (χ2v) is 14.1. The van der Waals surface area contributed by atoms with Crippen molar-refractivity contribution in [3.63, 3.8) is 0 Å². The molecule has 264 valence electrons. The lowest BCUT2D eigenvalue weighted by atomic mass is 10.1. The molecule has 0 saturated heterocycles. The van der Waals surface area contributed by atoms with Crippen molar-refractivity contribution in [2.45, 2.75) is 9.79 Å². The molecule has 8 N–H and O–H groups in total. The maximum atomic E-state index is 13.0. The van der Waals surface area contributed by atoms with Gasteiger partial charge in [0.2, 0.25) is 0 Å². The quantitative estimate of drug-likeness (QED) is 0.0659. The number of urea groups is 1. The van der Waals surface area contributed by atoms with Crippen molar-refractivity contribution < 1.29 is 50.5 Å². The summed E-state index contributed by atoms with van der Waals surface area (Å²) in [4.78, 5) is 37.7. The number of carbonyl (C=O) groups excluding carboxylic acids is 3. The van der Waals surface area contributed by atoms with E-state index in [4.69, 9.17) is 0 Å². The van der Waals surface area contributed by atoms with Gasteiger partial charge in [0, 0.05) is 55.4 Å². The second-order valence-electron chi connectivity index (χ2n) is 11.3. The molecule has 0 spiro atoms. The lowest BCUT2D eigenvalue weighted by Gasteiger charge is -2.12. The summed E-state index contributed by atoms with van der Waals surface area (Å²) in [5, 5.41) is 31.9. The van der Waals surface area contributed by atoms with Crippen LogP contribution in [-0.2, 0) is 20.2 Å². The zero-order valence-electron chi connectivity index (χ0n) is 26.4. The fourth-order valence-electron chi connectivity index (χ4n) is 5.26. The molecule has 17 heteroatoms. The van der Waals surface area contributed by atoms with E-state index in [1.807, 2.05) is 0 Å². The van der Waals surface area contributed by atoms with E-state index < -0.39 is 47.9 Å². The van der Waals surface area contributed by atoms with E-state index in [0.717, 1.165) is 24.3 Å². The number of hydrogen-bond acceptors (Lipinski definition) is 9. The van der Waals surface area contributed by atoms with E-state index in [1.54, 1.807) is 0 Å². The minimum atomic E-state index is -4.52. The normalized spacial score (nSPS) is 11.6. The molecule has 0 aliphatic heterocycles. The maximum Gasteiger partial charge on any atom is 0.323 e. The highest BCUT2D eigenvalue weighted by atomic mass is 32.2. The number of carbonyl (C=O) groups is 3. The molecule has 0 aromatic heterocycles. The predicted octanol–water partition coefficient (Wildman–Crippen LogP) is 6.05. The molecule has 0 heterocycles. The molecule has 0 fully saturated rings. The van der Waals surface area contributed by atoms with Crippen LogP contribution in [0.4, 0.5) is 27.5 Å². The summed E-state index contributed by atoms with van der Waals surface area (Å²) >= 11 is 0. The van der Waals surface area contributed by atoms with E-state index in [-0.39, 0.29) is 44.8 Å². The average Bonchev–Trinajstić information content (AvgIpc) is 3.10. The number of amides is 4. The van der Waals surface area contributed by atoms with Crippen LogP contribution < -0.4 is 21.3 Å². The zero-order chi connectivity index (χ0) is 37.4. The molecule has 0 atom stereocenters. The third-order valence-corrected chi connectivity index (χ3v) is 9.53. The molecule has 0 radical (unpaired) electrons. The number of phenols is 2. The van der Waals surface area contributed by atoms with Crippen LogP contribution in [0.5, 0.6) is 11.5 Å². The first kappa shape index (κ1) is 35.3. The number of rotatable bonds is 8. The first-order valence-electron chi connectivity index (χ1n) is 14.9. The number of phenolic OH excluding ortho intramolecular Hbond substituents is 2. The molecule has 0 unspecified atom stereocenters.